The number of ether oxygens (including phenoxy) is 1. The van der Waals surface area contributed by atoms with Gasteiger partial charge in [0.25, 0.3) is 0 Å². The molecule has 1 N–H and O–H groups in total. The van der Waals surface area contributed by atoms with Crippen LogP contribution in [0.4, 0.5) is 0 Å². The minimum atomic E-state index is -1.16. The summed E-state index contributed by atoms with van der Waals surface area (Å²) >= 11 is 7.79. The number of thiazole rings is 1. The molecule has 0 unspecified atom stereocenters. The number of carboxylic acid groups (broad SMARTS) is 1. The van der Waals surface area contributed by atoms with Gasteiger partial charge in [-0.3, -0.25) is 4.68 Å². The highest BCUT2D eigenvalue weighted by atomic mass is 35.5. The van der Waals surface area contributed by atoms with Crippen LogP contribution in [0.2, 0.25) is 5.02 Å². The SMILES string of the molecule is Cc1cc2nc(-c3cccc(-c4cnn(Cc5ccccc5)c4)c3)sc2c(-c2ccc(Cl)cc2)c1[C@H](OC(C)(C)C)C(=O)O. The van der Waals surface area contributed by atoms with E-state index in [2.05, 4.69) is 35.6 Å². The summed E-state index contributed by atoms with van der Waals surface area (Å²) in [5, 5.41) is 16.4. The fourth-order valence-corrected chi connectivity index (χ4v) is 6.61. The Bertz CT molecular complexity index is 1960. The van der Waals surface area contributed by atoms with Crippen LogP contribution in [0.5, 0.6) is 0 Å². The predicted molar refractivity (Wildman–Crippen MR) is 178 cm³/mol. The molecule has 0 saturated carbocycles. The van der Waals surface area contributed by atoms with E-state index in [-0.39, 0.29) is 0 Å². The summed E-state index contributed by atoms with van der Waals surface area (Å²) in [5.74, 6) is -1.04. The van der Waals surface area contributed by atoms with E-state index >= 15 is 0 Å². The normalized spacial score (nSPS) is 12.5. The van der Waals surface area contributed by atoms with Crippen LogP contribution in [0.15, 0.2) is 97.3 Å². The van der Waals surface area contributed by atoms with Gasteiger partial charge in [0, 0.05) is 33.5 Å². The van der Waals surface area contributed by atoms with Crippen molar-refractivity contribution < 1.29 is 14.6 Å². The number of rotatable bonds is 8. The fraction of sp³-hybridized carbons (Fsp3) is 0.194. The zero-order valence-corrected chi connectivity index (χ0v) is 26.5. The summed E-state index contributed by atoms with van der Waals surface area (Å²) in [5.41, 5.74) is 7.44. The van der Waals surface area contributed by atoms with Gasteiger partial charge in [0.2, 0.25) is 0 Å². The Morgan fingerprint density at radius 1 is 0.955 bits per heavy atom. The third-order valence-electron chi connectivity index (χ3n) is 7.28. The molecule has 0 amide bonds. The number of nitrogens with zero attached hydrogens (tertiary/aromatic N) is 3. The van der Waals surface area contributed by atoms with Gasteiger partial charge < -0.3 is 9.84 Å². The topological polar surface area (TPSA) is 77.2 Å². The Morgan fingerprint density at radius 2 is 1.68 bits per heavy atom. The Hall–Kier alpha value is -4.30. The number of benzene rings is 4. The standard InChI is InChI=1S/C36H32ClN3O3S/c1-22-17-29-33(31(24-13-15-28(37)16-14-24)30(22)32(35(41)42)43-36(2,3)4)44-34(39-29)26-12-8-11-25(18-26)27-19-38-40(21-27)20-23-9-6-5-7-10-23/h5-19,21,32H,20H2,1-4H3,(H,41,42)/t32-/m0/s1. The van der Waals surface area contributed by atoms with E-state index in [9.17, 15) is 9.90 Å². The molecule has 2 aromatic heterocycles. The molecule has 0 aliphatic carbocycles. The summed E-state index contributed by atoms with van der Waals surface area (Å²) < 4.78 is 8.98. The molecular weight excluding hydrogens is 590 g/mol. The molecule has 0 bridgehead atoms. The lowest BCUT2D eigenvalue weighted by molar-refractivity contribution is -0.160. The van der Waals surface area contributed by atoms with Crippen molar-refractivity contribution in [1.82, 2.24) is 14.8 Å². The van der Waals surface area contributed by atoms with Crippen LogP contribution in [0.1, 0.15) is 43.6 Å². The fourth-order valence-electron chi connectivity index (χ4n) is 5.36. The van der Waals surface area contributed by atoms with E-state index in [1.54, 1.807) is 11.3 Å². The van der Waals surface area contributed by atoms with Crippen LogP contribution in [0.25, 0.3) is 43.0 Å². The van der Waals surface area contributed by atoms with Crippen LogP contribution >= 0.6 is 22.9 Å². The third-order valence-corrected chi connectivity index (χ3v) is 8.67. The molecule has 222 valence electrons. The maximum absolute atomic E-state index is 12.6. The molecule has 2 heterocycles. The summed E-state index contributed by atoms with van der Waals surface area (Å²) in [6.07, 6.45) is 2.78. The molecule has 0 aliphatic heterocycles. The van der Waals surface area contributed by atoms with Gasteiger partial charge in [0.15, 0.2) is 6.10 Å². The summed E-state index contributed by atoms with van der Waals surface area (Å²) in [4.78, 5) is 17.7. The van der Waals surface area contributed by atoms with Crippen molar-refractivity contribution in [3.05, 3.63) is 119 Å². The van der Waals surface area contributed by atoms with Gasteiger partial charge in [-0.15, -0.1) is 11.3 Å². The Balaban J connectivity index is 1.45. The molecule has 6 nitrogen and oxygen atoms in total. The average molecular weight is 622 g/mol. The monoisotopic (exact) mass is 621 g/mol. The van der Waals surface area contributed by atoms with E-state index in [0.717, 1.165) is 48.6 Å². The Morgan fingerprint density at radius 3 is 2.39 bits per heavy atom. The summed E-state index contributed by atoms with van der Waals surface area (Å²) in [6.45, 7) is 8.21. The van der Waals surface area contributed by atoms with E-state index in [1.807, 2.05) is 99.2 Å². The highest BCUT2D eigenvalue weighted by Gasteiger charge is 2.32. The molecule has 44 heavy (non-hydrogen) atoms. The second-order valence-corrected chi connectivity index (χ2v) is 13.2. The van der Waals surface area contributed by atoms with E-state index in [4.69, 9.17) is 21.3 Å². The van der Waals surface area contributed by atoms with Crippen molar-refractivity contribution >= 4 is 39.1 Å². The van der Waals surface area contributed by atoms with Gasteiger partial charge in [-0.05, 0) is 74.2 Å². The second-order valence-electron chi connectivity index (χ2n) is 11.8. The maximum atomic E-state index is 12.6. The minimum absolute atomic E-state index is 0.605. The van der Waals surface area contributed by atoms with Crippen LogP contribution < -0.4 is 0 Å². The summed E-state index contributed by atoms with van der Waals surface area (Å²) in [7, 11) is 0. The second kappa shape index (κ2) is 12.0. The van der Waals surface area contributed by atoms with Gasteiger partial charge in [0.05, 0.1) is 28.6 Å². The molecule has 0 spiro atoms. The lowest BCUT2D eigenvalue weighted by Crippen LogP contribution is -2.28. The number of hydrogen-bond donors (Lipinski definition) is 1. The van der Waals surface area contributed by atoms with Crippen LogP contribution in [-0.4, -0.2) is 31.4 Å². The highest BCUT2D eigenvalue weighted by molar-refractivity contribution is 7.22. The first-order valence-corrected chi connectivity index (χ1v) is 15.5. The minimum Gasteiger partial charge on any atom is -0.479 e. The average Bonchev–Trinajstić information content (AvgIpc) is 3.63. The quantitative estimate of drug-likeness (QED) is 0.183. The number of hydrogen-bond acceptors (Lipinski definition) is 5. The van der Waals surface area contributed by atoms with E-state index in [1.165, 1.54) is 5.56 Å². The van der Waals surface area contributed by atoms with Crippen molar-refractivity contribution in [3.63, 3.8) is 0 Å². The van der Waals surface area contributed by atoms with Crippen molar-refractivity contribution in [2.45, 2.75) is 45.9 Å². The van der Waals surface area contributed by atoms with Gasteiger partial charge in [-0.25, -0.2) is 9.78 Å². The van der Waals surface area contributed by atoms with E-state index < -0.39 is 17.7 Å². The first-order valence-electron chi connectivity index (χ1n) is 14.3. The number of aliphatic carboxylic acids is 1. The molecule has 0 fully saturated rings. The molecule has 1 atom stereocenters. The molecular formula is C36H32ClN3O3S. The van der Waals surface area contributed by atoms with Crippen LogP contribution in [0, 0.1) is 6.92 Å². The molecule has 6 rings (SSSR count). The lowest BCUT2D eigenvalue weighted by Gasteiger charge is -2.28. The van der Waals surface area contributed by atoms with Gasteiger partial charge in [-0.2, -0.15) is 5.10 Å². The molecule has 0 radical (unpaired) electrons. The zero-order valence-electron chi connectivity index (χ0n) is 24.9. The van der Waals surface area contributed by atoms with Gasteiger partial charge in [0.1, 0.15) is 5.01 Å². The van der Waals surface area contributed by atoms with Crippen LogP contribution in [-0.2, 0) is 16.1 Å². The molecule has 6 aromatic rings. The molecule has 4 aromatic carbocycles. The van der Waals surface area contributed by atoms with Crippen molar-refractivity contribution in [2.75, 3.05) is 0 Å². The third kappa shape index (κ3) is 6.31. The van der Waals surface area contributed by atoms with Crippen LogP contribution in [0.3, 0.4) is 0 Å². The van der Waals surface area contributed by atoms with Crippen molar-refractivity contribution in [1.29, 1.82) is 0 Å². The number of carbonyl (C=O) groups is 1. The molecule has 0 aliphatic rings. The maximum Gasteiger partial charge on any atom is 0.337 e. The largest absolute Gasteiger partial charge is 0.479 e. The number of fused-ring (bicyclic) bond motifs is 1. The van der Waals surface area contributed by atoms with Gasteiger partial charge >= 0.3 is 5.97 Å². The lowest BCUT2D eigenvalue weighted by atomic mass is 9.91. The number of aromatic nitrogens is 3. The van der Waals surface area contributed by atoms with Crippen molar-refractivity contribution in [3.8, 4) is 32.8 Å². The smallest absolute Gasteiger partial charge is 0.337 e. The zero-order chi connectivity index (χ0) is 31.0. The Labute approximate surface area is 265 Å². The number of carboxylic acids is 1. The number of aryl methyl sites for hydroxylation is 1. The van der Waals surface area contributed by atoms with E-state index in [0.29, 0.717) is 17.1 Å². The molecule has 0 saturated heterocycles. The first-order chi connectivity index (χ1) is 21.1. The summed E-state index contributed by atoms with van der Waals surface area (Å²) in [6, 6.07) is 28.0. The van der Waals surface area contributed by atoms with Gasteiger partial charge in [-0.1, -0.05) is 72.3 Å². The molecule has 8 heteroatoms. The van der Waals surface area contributed by atoms with Crippen molar-refractivity contribution in [2.24, 2.45) is 0 Å². The first kappa shape index (κ1) is 29.8. The predicted octanol–water partition coefficient (Wildman–Crippen LogP) is 9.44. The number of halogens is 1. The Kier molecular flexibility index (Phi) is 8.12. The highest BCUT2D eigenvalue weighted by Crippen LogP contribution is 2.44.